The molecule has 2 rings (SSSR count). The number of benzene rings is 1. The van der Waals surface area contributed by atoms with E-state index < -0.39 is 30.8 Å². The van der Waals surface area contributed by atoms with Gasteiger partial charge < -0.3 is 10.1 Å². The molecule has 0 unspecified atom stereocenters. The van der Waals surface area contributed by atoms with Crippen LogP contribution in [0.5, 0.6) is 0 Å². The van der Waals surface area contributed by atoms with Gasteiger partial charge in [-0.05, 0) is 12.6 Å². The zero-order chi connectivity index (χ0) is 15.5. The molecule has 4 nitrogen and oxygen atoms in total. The molecule has 21 heavy (non-hydrogen) atoms. The van der Waals surface area contributed by atoms with Crippen molar-refractivity contribution in [2.75, 3.05) is 26.7 Å². The molecule has 1 amide bonds. The number of amides is 1. The number of alkyl halides is 3. The molecule has 1 fully saturated rings. The van der Waals surface area contributed by atoms with Crippen LogP contribution in [0.25, 0.3) is 0 Å². The normalized spacial score (nSPS) is 23.8. The molecule has 0 aromatic heterocycles. The van der Waals surface area contributed by atoms with Crippen LogP contribution < -0.4 is 5.32 Å². The number of halogens is 3. The van der Waals surface area contributed by atoms with E-state index in [0.29, 0.717) is 13.2 Å². The fraction of sp³-hybridized carbons (Fsp3) is 0.500. The van der Waals surface area contributed by atoms with E-state index in [0.717, 1.165) is 5.56 Å². The van der Waals surface area contributed by atoms with E-state index in [4.69, 9.17) is 4.74 Å². The van der Waals surface area contributed by atoms with Crippen LogP contribution in [0, 0.1) is 0 Å². The second-order valence-electron chi connectivity index (χ2n) is 4.96. The number of nitrogens with one attached hydrogen (secondary N) is 1. The summed E-state index contributed by atoms with van der Waals surface area (Å²) in [7, 11) is 1.82. The summed E-state index contributed by atoms with van der Waals surface area (Å²) in [6.45, 7) is -0.427. The van der Waals surface area contributed by atoms with E-state index in [1.807, 2.05) is 47.6 Å². The van der Waals surface area contributed by atoms with Crippen molar-refractivity contribution in [2.45, 2.75) is 18.3 Å². The third-order valence-corrected chi connectivity index (χ3v) is 3.37. The first-order chi connectivity index (χ1) is 9.88. The Labute approximate surface area is 120 Å². The van der Waals surface area contributed by atoms with Crippen LogP contribution in [-0.2, 0) is 9.53 Å². The van der Waals surface area contributed by atoms with Crippen LogP contribution in [-0.4, -0.2) is 49.8 Å². The van der Waals surface area contributed by atoms with E-state index in [2.05, 4.69) is 0 Å². The number of nitrogens with zero attached hydrogens (tertiary/aromatic N) is 1. The number of rotatable bonds is 3. The Balaban J connectivity index is 2.13. The first kappa shape index (κ1) is 15.8. The molecule has 7 heteroatoms. The first-order valence-corrected chi connectivity index (χ1v) is 6.60. The van der Waals surface area contributed by atoms with E-state index in [-0.39, 0.29) is 0 Å². The Hall–Kier alpha value is -1.60. The molecule has 0 bridgehead atoms. The molecule has 1 heterocycles. The number of carbonyl (C=O) groups excluding carboxylic acids is 1. The largest absolute Gasteiger partial charge is 0.405 e. The number of hydrogen-bond donors (Lipinski definition) is 1. The van der Waals surface area contributed by atoms with Gasteiger partial charge in [0, 0.05) is 6.54 Å². The van der Waals surface area contributed by atoms with E-state index in [9.17, 15) is 18.0 Å². The number of hydrogen-bond acceptors (Lipinski definition) is 3. The van der Waals surface area contributed by atoms with Gasteiger partial charge in [0.1, 0.15) is 6.54 Å². The molecule has 1 aromatic carbocycles. The minimum absolute atomic E-state index is 0.309. The van der Waals surface area contributed by atoms with Crippen LogP contribution in [0.4, 0.5) is 13.2 Å². The highest BCUT2D eigenvalue weighted by atomic mass is 19.4. The molecule has 116 valence electrons. The molecular weight excluding hydrogens is 285 g/mol. The summed E-state index contributed by atoms with van der Waals surface area (Å²) in [6.07, 6.45) is -5.38. The van der Waals surface area contributed by atoms with Gasteiger partial charge in [0.25, 0.3) is 5.91 Å². The van der Waals surface area contributed by atoms with Crippen molar-refractivity contribution in [2.24, 2.45) is 0 Å². The molecule has 0 radical (unpaired) electrons. The number of ether oxygens (including phenoxy) is 1. The standard InChI is InChI=1S/C14H17F3N2O2/c1-19-7-8-21-12(13(20)18-9-14(15,16)17)11(19)10-5-3-2-4-6-10/h2-6,11-12H,7-9H2,1H3,(H,18,20)/t11-,12+/m0/s1. The molecular formula is C14H17F3N2O2. The van der Waals surface area contributed by atoms with Gasteiger partial charge in [-0.2, -0.15) is 13.2 Å². The minimum atomic E-state index is -4.43. The monoisotopic (exact) mass is 302 g/mol. The molecule has 2 atom stereocenters. The van der Waals surface area contributed by atoms with E-state index in [1.165, 1.54) is 0 Å². The maximum absolute atomic E-state index is 12.2. The maximum Gasteiger partial charge on any atom is 0.405 e. The van der Waals surface area contributed by atoms with Crippen molar-refractivity contribution >= 4 is 5.91 Å². The van der Waals surface area contributed by atoms with Crippen molar-refractivity contribution < 1.29 is 22.7 Å². The summed E-state index contributed by atoms with van der Waals surface area (Å²) in [5, 5.41) is 1.90. The van der Waals surface area contributed by atoms with Crippen LogP contribution in [0.1, 0.15) is 11.6 Å². The first-order valence-electron chi connectivity index (χ1n) is 6.60. The quantitative estimate of drug-likeness (QED) is 0.925. The maximum atomic E-state index is 12.2. The SMILES string of the molecule is CN1CCO[C@@H](C(=O)NCC(F)(F)F)[C@@H]1c1ccccc1. The third-order valence-electron chi connectivity index (χ3n) is 3.37. The van der Waals surface area contributed by atoms with Crippen molar-refractivity contribution in [1.29, 1.82) is 0 Å². The lowest BCUT2D eigenvalue weighted by Crippen LogP contribution is -2.51. The summed E-state index contributed by atoms with van der Waals surface area (Å²) < 4.78 is 42.1. The Morgan fingerprint density at radius 2 is 2.05 bits per heavy atom. The fourth-order valence-electron chi connectivity index (χ4n) is 2.37. The Kier molecular flexibility index (Phi) is 4.84. The summed E-state index contributed by atoms with van der Waals surface area (Å²) in [5.41, 5.74) is 0.840. The molecule has 0 saturated carbocycles. The van der Waals surface area contributed by atoms with Gasteiger partial charge in [0.2, 0.25) is 0 Å². The van der Waals surface area contributed by atoms with Crippen molar-refractivity contribution in [3.63, 3.8) is 0 Å². The highest BCUT2D eigenvalue weighted by molar-refractivity contribution is 5.82. The van der Waals surface area contributed by atoms with Crippen molar-refractivity contribution in [1.82, 2.24) is 10.2 Å². The minimum Gasteiger partial charge on any atom is -0.365 e. The number of likely N-dealkylation sites (N-methyl/N-ethyl adjacent to an activating group) is 1. The molecule has 1 aliphatic rings. The zero-order valence-electron chi connectivity index (χ0n) is 11.6. The van der Waals surface area contributed by atoms with E-state index in [1.54, 1.807) is 0 Å². The Bertz CT molecular complexity index is 479. The predicted molar refractivity (Wildman–Crippen MR) is 70.6 cm³/mol. The van der Waals surface area contributed by atoms with Gasteiger partial charge in [0.15, 0.2) is 6.10 Å². The summed E-state index contributed by atoms with van der Waals surface area (Å²) in [4.78, 5) is 13.9. The van der Waals surface area contributed by atoms with Gasteiger partial charge in [-0.25, -0.2) is 0 Å². The second kappa shape index (κ2) is 6.44. The van der Waals surface area contributed by atoms with Crippen molar-refractivity contribution in [3.8, 4) is 0 Å². The van der Waals surface area contributed by atoms with Crippen molar-refractivity contribution in [3.05, 3.63) is 35.9 Å². The van der Waals surface area contributed by atoms with Gasteiger partial charge in [-0.3, -0.25) is 9.69 Å². The Morgan fingerprint density at radius 3 is 2.67 bits per heavy atom. The summed E-state index contributed by atoms with van der Waals surface area (Å²) in [6, 6.07) is 8.75. The Morgan fingerprint density at radius 1 is 1.38 bits per heavy atom. The van der Waals surface area contributed by atoms with Crippen LogP contribution >= 0.6 is 0 Å². The highest BCUT2D eigenvalue weighted by Crippen LogP contribution is 2.28. The molecule has 1 aromatic rings. The fourth-order valence-corrected chi connectivity index (χ4v) is 2.37. The average molecular weight is 302 g/mol. The molecule has 0 aliphatic carbocycles. The number of carbonyl (C=O) groups is 1. The molecule has 1 aliphatic heterocycles. The van der Waals surface area contributed by atoms with Gasteiger partial charge in [-0.15, -0.1) is 0 Å². The van der Waals surface area contributed by atoms with Gasteiger partial charge >= 0.3 is 6.18 Å². The lowest BCUT2D eigenvalue weighted by atomic mass is 9.98. The zero-order valence-corrected chi connectivity index (χ0v) is 11.6. The molecule has 1 saturated heterocycles. The highest BCUT2D eigenvalue weighted by Gasteiger charge is 2.38. The third kappa shape index (κ3) is 4.18. The smallest absolute Gasteiger partial charge is 0.365 e. The van der Waals surface area contributed by atoms with Gasteiger partial charge in [-0.1, -0.05) is 30.3 Å². The summed E-state index contributed by atoms with van der Waals surface area (Å²) in [5.74, 6) is -0.743. The van der Waals surface area contributed by atoms with Crippen LogP contribution in [0.3, 0.4) is 0 Å². The average Bonchev–Trinajstić information content (AvgIpc) is 2.44. The van der Waals surface area contributed by atoms with Crippen LogP contribution in [0.15, 0.2) is 30.3 Å². The predicted octanol–water partition coefficient (Wildman–Crippen LogP) is 1.74. The topological polar surface area (TPSA) is 41.6 Å². The van der Waals surface area contributed by atoms with Crippen LogP contribution in [0.2, 0.25) is 0 Å². The van der Waals surface area contributed by atoms with E-state index >= 15 is 0 Å². The summed E-state index contributed by atoms with van der Waals surface area (Å²) >= 11 is 0. The second-order valence-corrected chi connectivity index (χ2v) is 4.96. The lowest BCUT2D eigenvalue weighted by molar-refractivity contribution is -0.154. The molecule has 1 N–H and O–H groups in total. The lowest BCUT2D eigenvalue weighted by Gasteiger charge is -2.38. The van der Waals surface area contributed by atoms with Gasteiger partial charge in [0.05, 0.1) is 12.6 Å². The molecule has 0 spiro atoms. The number of morpholine rings is 1.